The SMILES string of the molecule is O=C(CCC(F)(C(F)(F)F)C(F)(F)F)Nc1c(F)ccc(NC(=O)c2cc(NC(=O)C3CC3(Cl)Cl)ccc2Cl)c1F. The van der Waals surface area contributed by atoms with E-state index in [0.29, 0.717) is 12.1 Å². The van der Waals surface area contributed by atoms with Gasteiger partial charge in [-0.3, -0.25) is 14.4 Å². The van der Waals surface area contributed by atoms with Crippen LogP contribution in [0.1, 0.15) is 29.6 Å². The number of alkyl halides is 9. The second kappa shape index (κ2) is 11.4. The van der Waals surface area contributed by atoms with Gasteiger partial charge in [0.25, 0.3) is 11.6 Å². The zero-order chi connectivity index (χ0) is 31.1. The molecular weight excluding hydrogens is 644 g/mol. The highest BCUT2D eigenvalue weighted by atomic mass is 35.5. The van der Waals surface area contributed by atoms with Crippen molar-refractivity contribution in [2.45, 2.75) is 41.6 Å². The normalized spacial score (nSPS) is 16.6. The number of nitrogens with one attached hydrogen (secondary N) is 3. The molecule has 224 valence electrons. The fourth-order valence-electron chi connectivity index (χ4n) is 3.39. The molecule has 41 heavy (non-hydrogen) atoms. The molecular formula is C23H15Cl3F9N3O3. The molecule has 1 atom stereocenters. The van der Waals surface area contributed by atoms with Crippen LogP contribution in [-0.4, -0.2) is 40.1 Å². The molecule has 0 heterocycles. The monoisotopic (exact) mass is 657 g/mol. The average Bonchev–Trinajstić information content (AvgIpc) is 3.49. The number of anilines is 3. The molecule has 1 aliphatic carbocycles. The zero-order valence-corrected chi connectivity index (χ0v) is 22.1. The largest absolute Gasteiger partial charge is 0.431 e. The second-order valence-electron chi connectivity index (χ2n) is 8.78. The second-order valence-corrected chi connectivity index (χ2v) is 10.7. The molecule has 0 spiro atoms. The predicted octanol–water partition coefficient (Wildman–Crippen LogP) is 7.55. The third-order valence-corrected chi connectivity index (χ3v) is 6.98. The summed E-state index contributed by atoms with van der Waals surface area (Å²) in [5.41, 5.74) is -8.16. The molecule has 18 heteroatoms. The van der Waals surface area contributed by atoms with Crippen molar-refractivity contribution in [2.24, 2.45) is 5.92 Å². The van der Waals surface area contributed by atoms with Crippen molar-refractivity contribution >= 4 is 69.6 Å². The third-order valence-electron chi connectivity index (χ3n) is 5.82. The van der Waals surface area contributed by atoms with Gasteiger partial charge in [-0.1, -0.05) is 11.6 Å². The Kier molecular flexibility index (Phi) is 9.07. The molecule has 0 saturated heterocycles. The van der Waals surface area contributed by atoms with Crippen LogP contribution >= 0.6 is 34.8 Å². The molecule has 3 amide bonds. The zero-order valence-electron chi connectivity index (χ0n) is 19.8. The Morgan fingerprint density at radius 3 is 2.02 bits per heavy atom. The topological polar surface area (TPSA) is 87.3 Å². The number of halogens is 12. The van der Waals surface area contributed by atoms with Gasteiger partial charge in [0.2, 0.25) is 11.8 Å². The molecule has 3 N–H and O–H groups in total. The quantitative estimate of drug-likeness (QED) is 0.202. The first-order valence-corrected chi connectivity index (χ1v) is 12.2. The summed E-state index contributed by atoms with van der Waals surface area (Å²) in [5.74, 6) is -7.39. The van der Waals surface area contributed by atoms with Crippen LogP contribution in [0.2, 0.25) is 5.02 Å². The highest BCUT2D eigenvalue weighted by Crippen LogP contribution is 2.53. The predicted molar refractivity (Wildman–Crippen MR) is 131 cm³/mol. The van der Waals surface area contributed by atoms with Gasteiger partial charge < -0.3 is 16.0 Å². The molecule has 3 rings (SSSR count). The van der Waals surface area contributed by atoms with Crippen LogP contribution in [0.5, 0.6) is 0 Å². The van der Waals surface area contributed by atoms with Crippen molar-refractivity contribution < 1.29 is 53.9 Å². The Morgan fingerprint density at radius 2 is 1.49 bits per heavy atom. The van der Waals surface area contributed by atoms with Crippen molar-refractivity contribution in [3.63, 3.8) is 0 Å². The summed E-state index contributed by atoms with van der Waals surface area (Å²) in [6.45, 7) is 0. The fraction of sp³-hybridized carbons (Fsp3) is 0.348. The van der Waals surface area contributed by atoms with Crippen LogP contribution in [0.3, 0.4) is 0 Å². The van der Waals surface area contributed by atoms with E-state index in [-0.39, 0.29) is 22.7 Å². The molecule has 0 aliphatic heterocycles. The standard InChI is InChI=1S/C23H15Cl3F9N3O3/c24-12-2-1-9(36-19(41)11-8-20(11,25)26)7-10(12)18(40)37-14-4-3-13(27)17(16(14)28)38-15(39)5-6-21(29,22(30,31)32)23(33,34)35/h1-4,7,11H,5-6,8H2,(H,36,41)(H,37,40)(H,38,39). The maximum atomic E-state index is 14.9. The van der Waals surface area contributed by atoms with E-state index in [9.17, 15) is 53.9 Å². The molecule has 0 radical (unpaired) electrons. The van der Waals surface area contributed by atoms with Crippen molar-refractivity contribution in [1.82, 2.24) is 0 Å². The number of carbonyl (C=O) groups excluding carboxylic acids is 3. The lowest BCUT2D eigenvalue weighted by Crippen LogP contribution is -2.53. The Bertz CT molecular complexity index is 1370. The van der Waals surface area contributed by atoms with Gasteiger partial charge in [-0.15, -0.1) is 23.2 Å². The number of amides is 3. The molecule has 1 fully saturated rings. The van der Waals surface area contributed by atoms with E-state index in [4.69, 9.17) is 34.8 Å². The summed E-state index contributed by atoms with van der Waals surface area (Å²) in [4.78, 5) is 36.9. The van der Waals surface area contributed by atoms with Gasteiger partial charge in [-0.05, 0) is 36.8 Å². The number of hydrogen-bond acceptors (Lipinski definition) is 3. The van der Waals surface area contributed by atoms with Crippen molar-refractivity contribution in [1.29, 1.82) is 0 Å². The Labute approximate surface area is 239 Å². The molecule has 2 aromatic rings. The van der Waals surface area contributed by atoms with Crippen molar-refractivity contribution in [3.05, 3.63) is 52.6 Å². The minimum atomic E-state index is -6.43. The van der Waals surface area contributed by atoms with Gasteiger partial charge in [0.1, 0.15) is 15.8 Å². The summed E-state index contributed by atoms with van der Waals surface area (Å²) < 4.78 is 118. The van der Waals surface area contributed by atoms with E-state index >= 15 is 0 Å². The first kappa shape index (κ1) is 32.6. The summed E-state index contributed by atoms with van der Waals surface area (Å²) in [7, 11) is 0. The smallest absolute Gasteiger partial charge is 0.326 e. The molecule has 1 saturated carbocycles. The fourth-order valence-corrected chi connectivity index (χ4v) is 4.10. The van der Waals surface area contributed by atoms with Gasteiger partial charge in [-0.2, -0.15) is 26.3 Å². The summed E-state index contributed by atoms with van der Waals surface area (Å²) in [5, 5.41) is 5.71. The summed E-state index contributed by atoms with van der Waals surface area (Å²) >= 11 is 17.7. The van der Waals surface area contributed by atoms with Crippen LogP contribution in [0.25, 0.3) is 0 Å². The number of benzene rings is 2. The van der Waals surface area contributed by atoms with E-state index in [0.717, 1.165) is 6.07 Å². The third kappa shape index (κ3) is 7.12. The minimum Gasteiger partial charge on any atom is -0.326 e. The van der Waals surface area contributed by atoms with Crippen LogP contribution in [0.15, 0.2) is 30.3 Å². The summed E-state index contributed by atoms with van der Waals surface area (Å²) in [6, 6.07) is 4.81. The van der Waals surface area contributed by atoms with Crippen molar-refractivity contribution in [2.75, 3.05) is 16.0 Å². The molecule has 1 aliphatic rings. The van der Waals surface area contributed by atoms with Crippen LogP contribution in [0.4, 0.5) is 56.6 Å². The van der Waals surface area contributed by atoms with Crippen LogP contribution < -0.4 is 16.0 Å². The van der Waals surface area contributed by atoms with E-state index in [1.54, 1.807) is 0 Å². The maximum absolute atomic E-state index is 14.9. The molecule has 0 bridgehead atoms. The van der Waals surface area contributed by atoms with E-state index in [2.05, 4.69) is 5.32 Å². The number of carbonyl (C=O) groups is 3. The van der Waals surface area contributed by atoms with E-state index in [1.165, 1.54) is 17.4 Å². The van der Waals surface area contributed by atoms with Crippen LogP contribution in [-0.2, 0) is 9.59 Å². The Hall–Kier alpha value is -2.91. The van der Waals surface area contributed by atoms with Gasteiger partial charge in [0, 0.05) is 18.5 Å². The van der Waals surface area contributed by atoms with Gasteiger partial charge in [0.05, 0.1) is 22.2 Å². The molecule has 0 aromatic heterocycles. The van der Waals surface area contributed by atoms with E-state index in [1.807, 2.05) is 5.32 Å². The Balaban J connectivity index is 1.75. The highest BCUT2D eigenvalue weighted by Gasteiger charge is 2.72. The van der Waals surface area contributed by atoms with Crippen molar-refractivity contribution in [3.8, 4) is 0 Å². The Morgan fingerprint density at radius 1 is 0.902 bits per heavy atom. The maximum Gasteiger partial charge on any atom is 0.431 e. The lowest BCUT2D eigenvalue weighted by Gasteiger charge is -2.29. The first-order chi connectivity index (χ1) is 18.7. The van der Waals surface area contributed by atoms with Gasteiger partial charge in [-0.25, -0.2) is 13.2 Å². The highest BCUT2D eigenvalue weighted by molar-refractivity contribution is 6.52. The molecule has 6 nitrogen and oxygen atoms in total. The van der Waals surface area contributed by atoms with E-state index < -0.39 is 81.8 Å². The average molecular weight is 659 g/mol. The summed E-state index contributed by atoms with van der Waals surface area (Å²) in [6.07, 6.45) is -16.9. The van der Waals surface area contributed by atoms with Crippen LogP contribution in [0, 0.1) is 17.6 Å². The number of rotatable bonds is 8. The lowest BCUT2D eigenvalue weighted by molar-refractivity contribution is -0.342. The van der Waals surface area contributed by atoms with Gasteiger partial charge >= 0.3 is 12.4 Å². The lowest BCUT2D eigenvalue weighted by atomic mass is 9.98. The molecule has 1 unspecified atom stereocenters. The first-order valence-electron chi connectivity index (χ1n) is 11.1. The minimum absolute atomic E-state index is 0.0646. The number of hydrogen-bond donors (Lipinski definition) is 3. The van der Waals surface area contributed by atoms with Gasteiger partial charge in [0.15, 0.2) is 5.82 Å². The molecule has 2 aromatic carbocycles.